The van der Waals surface area contributed by atoms with Gasteiger partial charge in [-0.3, -0.25) is 4.79 Å². The maximum absolute atomic E-state index is 10.8. The third kappa shape index (κ3) is 7.65. The molecule has 0 radical (unpaired) electrons. The summed E-state index contributed by atoms with van der Waals surface area (Å²) in [7, 11) is 1.69. The topological polar surface area (TPSA) is 49.8 Å². The van der Waals surface area contributed by atoms with Crippen LogP contribution >= 0.6 is 0 Å². The van der Waals surface area contributed by atoms with Gasteiger partial charge in [0.05, 0.1) is 5.92 Å². The lowest BCUT2D eigenvalue weighted by atomic mass is 10.1. The number of nitrogens with zero attached hydrogens (tertiary/aromatic N) is 1. The molecule has 0 aliphatic rings. The van der Waals surface area contributed by atoms with Gasteiger partial charge in [-0.25, -0.2) is 0 Å². The number of carbonyl (C=O) groups is 1. The Morgan fingerprint density at radius 1 is 1.31 bits per heavy atom. The van der Waals surface area contributed by atoms with Crippen LogP contribution in [-0.4, -0.2) is 49.3 Å². The van der Waals surface area contributed by atoms with E-state index in [1.54, 1.807) is 14.0 Å². The third-order valence-electron chi connectivity index (χ3n) is 2.40. The Kier molecular flexibility index (Phi) is 8.21. The molecule has 0 bridgehead atoms. The normalized spacial score (nSPS) is 13.4. The molecule has 96 valence electrons. The quantitative estimate of drug-likeness (QED) is 0.614. The fourth-order valence-corrected chi connectivity index (χ4v) is 1.67. The second-order valence-electron chi connectivity index (χ2n) is 4.74. The first kappa shape index (κ1) is 15.4. The van der Waals surface area contributed by atoms with Gasteiger partial charge in [0.1, 0.15) is 0 Å². The van der Waals surface area contributed by atoms with Gasteiger partial charge in [0, 0.05) is 33.4 Å². The highest BCUT2D eigenvalue weighted by Gasteiger charge is 2.16. The van der Waals surface area contributed by atoms with Crippen molar-refractivity contribution in [2.24, 2.45) is 11.8 Å². The number of carboxylic acids is 1. The van der Waals surface area contributed by atoms with Crippen LogP contribution in [-0.2, 0) is 9.53 Å². The maximum atomic E-state index is 10.8. The highest BCUT2D eigenvalue weighted by Crippen LogP contribution is 2.05. The Hall–Kier alpha value is -0.610. The van der Waals surface area contributed by atoms with E-state index < -0.39 is 5.97 Å². The zero-order chi connectivity index (χ0) is 12.6. The molecule has 0 amide bonds. The van der Waals surface area contributed by atoms with Crippen LogP contribution in [0, 0.1) is 11.8 Å². The van der Waals surface area contributed by atoms with Crippen LogP contribution < -0.4 is 0 Å². The molecule has 1 unspecified atom stereocenters. The summed E-state index contributed by atoms with van der Waals surface area (Å²) in [4.78, 5) is 13.0. The van der Waals surface area contributed by atoms with Crippen LogP contribution in [0.25, 0.3) is 0 Å². The minimum absolute atomic E-state index is 0.304. The lowest BCUT2D eigenvalue weighted by molar-refractivity contribution is -0.141. The lowest BCUT2D eigenvalue weighted by Crippen LogP contribution is -2.35. The minimum atomic E-state index is -0.722. The van der Waals surface area contributed by atoms with E-state index in [-0.39, 0.29) is 5.92 Å². The Labute approximate surface area is 98.6 Å². The molecule has 0 fully saturated rings. The van der Waals surface area contributed by atoms with E-state index >= 15 is 0 Å². The lowest BCUT2D eigenvalue weighted by Gasteiger charge is -2.25. The molecular weight excluding hydrogens is 206 g/mol. The number of aliphatic carboxylic acids is 1. The van der Waals surface area contributed by atoms with Gasteiger partial charge in [0.15, 0.2) is 0 Å². The first-order valence-corrected chi connectivity index (χ1v) is 5.91. The summed E-state index contributed by atoms with van der Waals surface area (Å²) in [6.45, 7) is 9.26. The maximum Gasteiger partial charge on any atom is 0.307 e. The zero-order valence-electron chi connectivity index (χ0n) is 10.9. The van der Waals surface area contributed by atoms with Crippen LogP contribution in [0.3, 0.4) is 0 Å². The fraction of sp³-hybridized carbons (Fsp3) is 0.917. The van der Waals surface area contributed by atoms with Crippen molar-refractivity contribution >= 4 is 5.97 Å². The van der Waals surface area contributed by atoms with Gasteiger partial charge >= 0.3 is 5.97 Å². The summed E-state index contributed by atoms with van der Waals surface area (Å²) in [6, 6.07) is 0. The molecule has 4 heteroatoms. The molecule has 0 aliphatic carbocycles. The van der Waals surface area contributed by atoms with Crippen molar-refractivity contribution in [3.63, 3.8) is 0 Å². The Balaban J connectivity index is 4.03. The molecule has 4 nitrogen and oxygen atoms in total. The van der Waals surface area contributed by atoms with Crippen molar-refractivity contribution in [1.29, 1.82) is 0 Å². The van der Waals surface area contributed by atoms with E-state index in [0.717, 1.165) is 26.1 Å². The average Bonchev–Trinajstić information content (AvgIpc) is 2.16. The Bertz CT molecular complexity index is 195. The standard InChI is InChI=1S/C12H25NO3/c1-10(2)8-13(6-5-7-16-4)9-11(3)12(14)15/h10-11H,5-9H2,1-4H3,(H,14,15). The number of ether oxygens (including phenoxy) is 1. The summed E-state index contributed by atoms with van der Waals surface area (Å²) in [5.74, 6) is -0.467. The SMILES string of the molecule is COCCCN(CC(C)C)CC(C)C(=O)O. The monoisotopic (exact) mass is 231 g/mol. The summed E-state index contributed by atoms with van der Waals surface area (Å²) in [6.07, 6.45) is 0.954. The molecule has 0 saturated heterocycles. The minimum Gasteiger partial charge on any atom is -0.481 e. The van der Waals surface area contributed by atoms with E-state index in [1.165, 1.54) is 0 Å². The van der Waals surface area contributed by atoms with Gasteiger partial charge < -0.3 is 14.7 Å². The van der Waals surface area contributed by atoms with Crippen LogP contribution in [0.15, 0.2) is 0 Å². The van der Waals surface area contributed by atoms with Crippen molar-refractivity contribution in [3.8, 4) is 0 Å². The van der Waals surface area contributed by atoms with E-state index in [4.69, 9.17) is 9.84 Å². The van der Waals surface area contributed by atoms with Crippen molar-refractivity contribution in [1.82, 2.24) is 4.90 Å². The van der Waals surface area contributed by atoms with Gasteiger partial charge in [-0.1, -0.05) is 20.8 Å². The van der Waals surface area contributed by atoms with E-state index in [9.17, 15) is 4.79 Å². The second kappa shape index (κ2) is 8.53. The number of rotatable bonds is 9. The fourth-order valence-electron chi connectivity index (χ4n) is 1.67. The van der Waals surface area contributed by atoms with Gasteiger partial charge in [-0.05, 0) is 12.3 Å². The number of hydrogen-bond donors (Lipinski definition) is 1. The molecule has 0 aliphatic heterocycles. The Morgan fingerprint density at radius 3 is 2.38 bits per heavy atom. The molecule has 0 heterocycles. The van der Waals surface area contributed by atoms with Gasteiger partial charge in [-0.2, -0.15) is 0 Å². The van der Waals surface area contributed by atoms with Crippen LogP contribution in [0.5, 0.6) is 0 Å². The zero-order valence-corrected chi connectivity index (χ0v) is 10.9. The number of carboxylic acid groups (broad SMARTS) is 1. The summed E-state index contributed by atoms with van der Waals surface area (Å²) >= 11 is 0. The van der Waals surface area contributed by atoms with Crippen molar-refractivity contribution in [2.45, 2.75) is 27.2 Å². The summed E-state index contributed by atoms with van der Waals surface area (Å²) in [5.41, 5.74) is 0. The second-order valence-corrected chi connectivity index (χ2v) is 4.74. The van der Waals surface area contributed by atoms with Gasteiger partial charge in [0.2, 0.25) is 0 Å². The predicted octanol–water partition coefficient (Wildman–Crippen LogP) is 1.70. The average molecular weight is 231 g/mol. The molecule has 1 N–H and O–H groups in total. The molecule has 0 aromatic heterocycles. The van der Waals surface area contributed by atoms with Crippen LogP contribution in [0.2, 0.25) is 0 Å². The van der Waals surface area contributed by atoms with E-state index in [0.29, 0.717) is 12.5 Å². The van der Waals surface area contributed by atoms with Crippen molar-refractivity contribution in [2.75, 3.05) is 33.4 Å². The first-order valence-electron chi connectivity index (χ1n) is 5.91. The van der Waals surface area contributed by atoms with Gasteiger partial charge in [0.25, 0.3) is 0 Å². The van der Waals surface area contributed by atoms with Crippen molar-refractivity contribution < 1.29 is 14.6 Å². The molecule has 16 heavy (non-hydrogen) atoms. The highest BCUT2D eigenvalue weighted by atomic mass is 16.5. The number of methoxy groups -OCH3 is 1. The molecule has 0 aromatic rings. The molecule has 1 atom stereocenters. The predicted molar refractivity (Wildman–Crippen MR) is 64.6 cm³/mol. The van der Waals surface area contributed by atoms with Crippen LogP contribution in [0.4, 0.5) is 0 Å². The van der Waals surface area contributed by atoms with Crippen LogP contribution in [0.1, 0.15) is 27.2 Å². The molecule has 0 aromatic carbocycles. The third-order valence-corrected chi connectivity index (χ3v) is 2.40. The molecular formula is C12H25NO3. The molecule has 0 saturated carbocycles. The van der Waals surface area contributed by atoms with E-state index in [1.807, 2.05) is 0 Å². The highest BCUT2D eigenvalue weighted by molar-refractivity contribution is 5.69. The molecule has 0 spiro atoms. The summed E-state index contributed by atoms with van der Waals surface area (Å²) in [5, 5.41) is 8.89. The first-order chi connectivity index (χ1) is 7.47. The Morgan fingerprint density at radius 2 is 1.94 bits per heavy atom. The van der Waals surface area contributed by atoms with E-state index in [2.05, 4.69) is 18.7 Å². The number of hydrogen-bond acceptors (Lipinski definition) is 3. The largest absolute Gasteiger partial charge is 0.481 e. The van der Waals surface area contributed by atoms with Crippen molar-refractivity contribution in [3.05, 3.63) is 0 Å². The summed E-state index contributed by atoms with van der Waals surface area (Å²) < 4.78 is 5.01. The smallest absolute Gasteiger partial charge is 0.307 e. The molecule has 0 rings (SSSR count). The van der Waals surface area contributed by atoms with Gasteiger partial charge in [-0.15, -0.1) is 0 Å².